The first-order valence-electron chi connectivity index (χ1n) is 4.13. The van der Waals surface area contributed by atoms with Crippen molar-refractivity contribution in [2.24, 2.45) is 0 Å². The number of H-pyrrole nitrogens is 2. The van der Waals surface area contributed by atoms with Gasteiger partial charge >= 0.3 is 11.4 Å². The van der Waals surface area contributed by atoms with Crippen LogP contribution in [0.1, 0.15) is 13.8 Å². The molecule has 0 fully saturated rings. The van der Waals surface area contributed by atoms with E-state index < -0.39 is 11.4 Å². The highest BCUT2D eigenvalue weighted by Gasteiger charge is 2.04. The fraction of sp³-hybridized carbons (Fsp3) is 0.571. The zero-order chi connectivity index (χ0) is 9.84. The van der Waals surface area contributed by atoms with E-state index >= 15 is 0 Å². The molecule has 0 spiro atoms. The Kier molecular flexibility index (Phi) is 2.84. The van der Waals surface area contributed by atoms with Crippen molar-refractivity contribution in [3.05, 3.63) is 21.0 Å². The molecule has 1 heterocycles. The average Bonchev–Trinajstić information content (AvgIpc) is 2.04. The topological polar surface area (TPSA) is 81.8 Å². The monoisotopic (exact) mass is 184 g/mol. The van der Waals surface area contributed by atoms with E-state index in [1.165, 1.54) is 0 Å². The van der Waals surface area contributed by atoms with Crippen molar-refractivity contribution in [3.8, 4) is 0 Å². The molecular weight excluding hydrogens is 172 g/mol. The molecule has 6 heteroatoms. The number of rotatable bonds is 3. The molecule has 0 amide bonds. The normalized spacial score (nSPS) is 10.0. The van der Waals surface area contributed by atoms with Crippen molar-refractivity contribution in [3.63, 3.8) is 0 Å². The maximum atomic E-state index is 10.9. The molecule has 0 aliphatic heterocycles. The number of hydrogen-bond acceptors (Lipinski definition) is 4. The number of aromatic nitrogens is 3. The lowest BCUT2D eigenvalue weighted by Crippen LogP contribution is -2.32. The van der Waals surface area contributed by atoms with Gasteiger partial charge in [-0.05, 0) is 13.8 Å². The van der Waals surface area contributed by atoms with E-state index in [-0.39, 0.29) is 0 Å². The summed E-state index contributed by atoms with van der Waals surface area (Å²) in [5.41, 5.74) is -1.15. The second-order valence-electron chi connectivity index (χ2n) is 2.49. The fourth-order valence-corrected chi connectivity index (χ4v) is 1.05. The van der Waals surface area contributed by atoms with Crippen LogP contribution >= 0.6 is 0 Å². The van der Waals surface area contributed by atoms with E-state index in [1.807, 2.05) is 18.8 Å². The standard InChI is InChI=1S/C7H12N4O2/c1-3-11(4-2)5-8-6(12)10-7(13)9-5/h3-4H2,1-2H3,(H2,8,9,10,12,13). The predicted molar refractivity (Wildman–Crippen MR) is 49.0 cm³/mol. The fourth-order valence-electron chi connectivity index (χ4n) is 1.05. The van der Waals surface area contributed by atoms with Crippen molar-refractivity contribution < 1.29 is 0 Å². The Morgan fingerprint density at radius 3 is 2.31 bits per heavy atom. The van der Waals surface area contributed by atoms with E-state index in [0.717, 1.165) is 0 Å². The van der Waals surface area contributed by atoms with Gasteiger partial charge in [0, 0.05) is 13.1 Å². The third kappa shape index (κ3) is 2.17. The number of hydrogen-bond donors (Lipinski definition) is 2. The van der Waals surface area contributed by atoms with Crippen LogP contribution in [0.4, 0.5) is 5.95 Å². The Morgan fingerprint density at radius 2 is 1.85 bits per heavy atom. The van der Waals surface area contributed by atoms with Gasteiger partial charge < -0.3 is 4.90 Å². The lowest BCUT2D eigenvalue weighted by Gasteiger charge is -2.17. The largest absolute Gasteiger partial charge is 0.352 e. The Bertz CT molecular complexity index is 348. The molecule has 6 nitrogen and oxygen atoms in total. The summed E-state index contributed by atoms with van der Waals surface area (Å²) in [7, 11) is 0. The van der Waals surface area contributed by atoms with Crippen molar-refractivity contribution in [2.45, 2.75) is 13.8 Å². The van der Waals surface area contributed by atoms with Crippen LogP contribution < -0.4 is 16.3 Å². The Labute approximate surface area is 74.6 Å². The van der Waals surface area contributed by atoms with Gasteiger partial charge in [0.1, 0.15) is 0 Å². The smallest absolute Gasteiger partial charge is 0.343 e. The highest BCUT2D eigenvalue weighted by molar-refractivity contribution is 5.26. The zero-order valence-corrected chi connectivity index (χ0v) is 7.63. The second kappa shape index (κ2) is 3.88. The predicted octanol–water partition coefficient (Wildman–Crippen LogP) is -0.696. The van der Waals surface area contributed by atoms with E-state index in [4.69, 9.17) is 0 Å². The second-order valence-corrected chi connectivity index (χ2v) is 2.49. The Hall–Kier alpha value is -1.59. The van der Waals surface area contributed by atoms with Crippen molar-refractivity contribution in [1.29, 1.82) is 0 Å². The summed E-state index contributed by atoms with van der Waals surface area (Å²) < 4.78 is 0. The van der Waals surface area contributed by atoms with E-state index in [0.29, 0.717) is 19.0 Å². The zero-order valence-electron chi connectivity index (χ0n) is 7.63. The highest BCUT2D eigenvalue weighted by Crippen LogP contribution is 1.98. The lowest BCUT2D eigenvalue weighted by atomic mass is 10.5. The summed E-state index contributed by atoms with van der Waals surface area (Å²) in [6, 6.07) is 0. The third-order valence-corrected chi connectivity index (χ3v) is 1.72. The van der Waals surface area contributed by atoms with Crippen LogP contribution in [-0.4, -0.2) is 28.0 Å². The molecule has 0 radical (unpaired) electrons. The molecule has 2 N–H and O–H groups in total. The van der Waals surface area contributed by atoms with Gasteiger partial charge in [-0.15, -0.1) is 0 Å². The first kappa shape index (κ1) is 9.50. The molecular formula is C7H12N4O2. The molecule has 0 aromatic carbocycles. The van der Waals surface area contributed by atoms with Crippen LogP contribution in [0.5, 0.6) is 0 Å². The molecule has 1 aromatic rings. The van der Waals surface area contributed by atoms with Gasteiger partial charge in [0.05, 0.1) is 0 Å². The van der Waals surface area contributed by atoms with Gasteiger partial charge in [0.25, 0.3) is 0 Å². The maximum absolute atomic E-state index is 10.9. The maximum Gasteiger partial charge on any atom is 0.352 e. The molecule has 0 saturated carbocycles. The van der Waals surface area contributed by atoms with Crippen molar-refractivity contribution in [2.75, 3.05) is 18.0 Å². The minimum atomic E-state index is -0.620. The first-order valence-corrected chi connectivity index (χ1v) is 4.13. The molecule has 0 bridgehead atoms. The van der Waals surface area contributed by atoms with Crippen LogP contribution in [-0.2, 0) is 0 Å². The highest BCUT2D eigenvalue weighted by atomic mass is 16.2. The summed E-state index contributed by atoms with van der Waals surface area (Å²) >= 11 is 0. The Balaban J connectivity index is 3.13. The summed E-state index contributed by atoms with van der Waals surface area (Å²) in [5, 5.41) is 0. The quantitative estimate of drug-likeness (QED) is 0.651. The molecule has 0 atom stereocenters. The molecule has 0 unspecified atom stereocenters. The van der Waals surface area contributed by atoms with Gasteiger partial charge in [0.2, 0.25) is 5.95 Å². The third-order valence-electron chi connectivity index (χ3n) is 1.72. The van der Waals surface area contributed by atoms with Crippen LogP contribution in [0.2, 0.25) is 0 Å². The van der Waals surface area contributed by atoms with Crippen LogP contribution in [0.25, 0.3) is 0 Å². The molecule has 1 aromatic heterocycles. The van der Waals surface area contributed by atoms with E-state index in [9.17, 15) is 9.59 Å². The Morgan fingerprint density at radius 1 is 1.23 bits per heavy atom. The van der Waals surface area contributed by atoms with Crippen molar-refractivity contribution in [1.82, 2.24) is 15.0 Å². The van der Waals surface area contributed by atoms with E-state index in [2.05, 4.69) is 9.97 Å². The number of nitrogens with one attached hydrogen (secondary N) is 2. The van der Waals surface area contributed by atoms with Crippen molar-refractivity contribution >= 4 is 5.95 Å². The molecule has 0 aliphatic carbocycles. The van der Waals surface area contributed by atoms with Crippen LogP contribution in [0, 0.1) is 0 Å². The van der Waals surface area contributed by atoms with Gasteiger partial charge in [-0.3, -0.25) is 9.97 Å². The van der Waals surface area contributed by atoms with Crippen LogP contribution in [0.15, 0.2) is 9.59 Å². The average molecular weight is 184 g/mol. The van der Waals surface area contributed by atoms with Crippen LogP contribution in [0.3, 0.4) is 0 Å². The number of aromatic amines is 2. The molecule has 1 rings (SSSR count). The molecule has 72 valence electrons. The summed E-state index contributed by atoms with van der Waals surface area (Å²) in [4.78, 5) is 31.6. The number of nitrogens with zero attached hydrogens (tertiary/aromatic N) is 2. The summed E-state index contributed by atoms with van der Waals surface area (Å²) in [6.45, 7) is 5.24. The minimum Gasteiger partial charge on any atom is -0.343 e. The first-order chi connectivity index (χ1) is 6.17. The molecule has 0 saturated heterocycles. The van der Waals surface area contributed by atoms with Gasteiger partial charge in [-0.1, -0.05) is 0 Å². The number of anilines is 1. The summed E-state index contributed by atoms with van der Waals surface area (Å²) in [5.74, 6) is 0.318. The molecule has 13 heavy (non-hydrogen) atoms. The van der Waals surface area contributed by atoms with Gasteiger partial charge in [-0.25, -0.2) is 9.59 Å². The van der Waals surface area contributed by atoms with E-state index in [1.54, 1.807) is 4.90 Å². The SMILES string of the molecule is CCN(CC)c1nc(=O)[nH]c(=O)[nH]1. The summed E-state index contributed by atoms with van der Waals surface area (Å²) in [6.07, 6.45) is 0. The van der Waals surface area contributed by atoms with Gasteiger partial charge in [-0.2, -0.15) is 4.98 Å². The lowest BCUT2D eigenvalue weighted by molar-refractivity contribution is 0.790. The van der Waals surface area contributed by atoms with Gasteiger partial charge in [0.15, 0.2) is 0 Å². The molecule has 0 aliphatic rings. The minimum absolute atomic E-state index is 0.318.